The molecule has 4 heterocycles. The molecule has 13 heteroatoms. The second kappa shape index (κ2) is 13.2. The molecule has 0 spiro atoms. The minimum Gasteiger partial charge on any atom is -0.479 e. The number of benzene rings is 3. The van der Waals surface area contributed by atoms with Gasteiger partial charge in [-0.3, -0.25) is 9.58 Å². The Labute approximate surface area is 296 Å². The van der Waals surface area contributed by atoms with E-state index in [0.29, 0.717) is 54.9 Å². The van der Waals surface area contributed by atoms with Gasteiger partial charge in [-0.05, 0) is 101 Å². The monoisotopic (exact) mass is 726 g/mol. The Kier molecular flexibility index (Phi) is 9.21. The number of carboxylic acid groups (broad SMARTS) is 1. The summed E-state index contributed by atoms with van der Waals surface area (Å²) in [5.41, 5.74) is 4.50. The number of nitrogens with zero attached hydrogens (tertiary/aromatic N) is 4. The number of rotatable bonds is 8. The van der Waals surface area contributed by atoms with Gasteiger partial charge in [0.2, 0.25) is 0 Å². The average molecular weight is 727 g/mol. The summed E-state index contributed by atoms with van der Waals surface area (Å²) in [7, 11) is 0. The van der Waals surface area contributed by atoms with Crippen molar-refractivity contribution in [2.75, 3.05) is 26.3 Å². The topological polar surface area (TPSA) is 89.7 Å². The normalized spacial score (nSPS) is 17.4. The van der Waals surface area contributed by atoms with Crippen LogP contribution in [-0.4, -0.2) is 74.9 Å². The van der Waals surface area contributed by atoms with E-state index in [4.69, 9.17) is 26.1 Å². The second-order valence-electron chi connectivity index (χ2n) is 14.2. The van der Waals surface area contributed by atoms with E-state index in [-0.39, 0.29) is 5.92 Å². The molecule has 1 unspecified atom stereocenters. The van der Waals surface area contributed by atoms with E-state index in [0.717, 1.165) is 59.7 Å². The van der Waals surface area contributed by atoms with Crippen molar-refractivity contribution in [1.29, 1.82) is 0 Å². The molecular formula is C37H38ClF3N4O4S. The molecule has 3 aromatic carbocycles. The first-order valence-electron chi connectivity index (χ1n) is 16.6. The number of alkyl halides is 3. The molecule has 2 aromatic heterocycles. The highest BCUT2D eigenvalue weighted by Gasteiger charge is 2.35. The number of aryl methyl sites for hydroxylation is 1. The van der Waals surface area contributed by atoms with Crippen LogP contribution in [0.4, 0.5) is 13.2 Å². The van der Waals surface area contributed by atoms with Gasteiger partial charge in [-0.2, -0.15) is 18.3 Å². The smallest absolute Gasteiger partial charge is 0.408 e. The summed E-state index contributed by atoms with van der Waals surface area (Å²) >= 11 is 7.66. The number of aliphatic carboxylic acids is 1. The third kappa shape index (κ3) is 7.01. The van der Waals surface area contributed by atoms with E-state index in [1.54, 1.807) is 24.3 Å². The fourth-order valence-electron chi connectivity index (χ4n) is 7.06. The SMILES string of the molecule is Cc1cc2nc(-c3ccc4c(c3)c(C3CCN(C5COC5)CC3)nn4CC(F)(F)F)sc2c(-c2ccc(Cl)cc2)c1C(OC(C)(C)C)C(=O)O. The lowest BCUT2D eigenvalue weighted by molar-refractivity contribution is -0.160. The highest BCUT2D eigenvalue weighted by atomic mass is 35.5. The van der Waals surface area contributed by atoms with Crippen LogP contribution in [0.3, 0.4) is 0 Å². The summed E-state index contributed by atoms with van der Waals surface area (Å²) in [6.45, 7) is 9.26. The van der Waals surface area contributed by atoms with Gasteiger partial charge in [-0.25, -0.2) is 9.78 Å². The Morgan fingerprint density at radius 1 is 1.08 bits per heavy atom. The maximum absolute atomic E-state index is 13.7. The van der Waals surface area contributed by atoms with Crippen LogP contribution in [-0.2, 0) is 20.8 Å². The van der Waals surface area contributed by atoms with E-state index in [2.05, 4.69) is 10.00 Å². The number of likely N-dealkylation sites (tertiary alicyclic amines) is 1. The molecule has 8 nitrogen and oxygen atoms in total. The molecule has 0 radical (unpaired) electrons. The predicted octanol–water partition coefficient (Wildman–Crippen LogP) is 9.02. The lowest BCUT2D eigenvalue weighted by Gasteiger charge is -2.41. The molecule has 1 N–H and O–H groups in total. The summed E-state index contributed by atoms with van der Waals surface area (Å²) in [6.07, 6.45) is -4.08. The molecule has 7 rings (SSSR count). The standard InChI is InChI=1S/C37H38ClF3N4O4S/c1-20-15-27-33(30(21-5-8-24(38)9-6-21)29(20)32(35(46)47)49-36(2,3)4)50-34(42-27)23-7-10-28-26(16-23)31(43-45(28)19-37(39,40)41)22-11-13-44(14-12-22)25-17-48-18-25/h5-10,15-16,22,25,32H,11-14,17-19H2,1-4H3,(H,46,47). The first-order valence-corrected chi connectivity index (χ1v) is 17.8. The maximum atomic E-state index is 13.7. The predicted molar refractivity (Wildman–Crippen MR) is 189 cm³/mol. The summed E-state index contributed by atoms with van der Waals surface area (Å²) in [5, 5.41) is 16.9. The molecular weight excluding hydrogens is 689 g/mol. The van der Waals surface area contributed by atoms with E-state index in [1.165, 1.54) is 11.3 Å². The number of aromatic nitrogens is 3. The Balaban J connectivity index is 1.35. The van der Waals surface area contributed by atoms with Crippen molar-refractivity contribution in [2.24, 2.45) is 0 Å². The van der Waals surface area contributed by atoms with Crippen molar-refractivity contribution in [2.45, 2.75) is 76.9 Å². The van der Waals surface area contributed by atoms with Gasteiger partial charge in [-0.15, -0.1) is 11.3 Å². The van der Waals surface area contributed by atoms with Gasteiger partial charge >= 0.3 is 12.1 Å². The molecule has 0 amide bonds. The molecule has 2 aliphatic heterocycles. The zero-order chi connectivity index (χ0) is 35.5. The third-order valence-electron chi connectivity index (χ3n) is 9.43. The van der Waals surface area contributed by atoms with Gasteiger partial charge in [0.05, 0.1) is 46.3 Å². The van der Waals surface area contributed by atoms with Gasteiger partial charge in [0.25, 0.3) is 0 Å². The van der Waals surface area contributed by atoms with Gasteiger partial charge in [0, 0.05) is 33.0 Å². The van der Waals surface area contributed by atoms with Gasteiger partial charge < -0.3 is 14.6 Å². The molecule has 50 heavy (non-hydrogen) atoms. The second-order valence-corrected chi connectivity index (χ2v) is 15.6. The molecule has 264 valence electrons. The largest absolute Gasteiger partial charge is 0.479 e. The van der Waals surface area contributed by atoms with Crippen molar-refractivity contribution >= 4 is 50.0 Å². The van der Waals surface area contributed by atoms with E-state index in [9.17, 15) is 23.1 Å². The molecule has 1 atom stereocenters. The van der Waals surface area contributed by atoms with Crippen molar-refractivity contribution < 1.29 is 32.5 Å². The zero-order valence-electron chi connectivity index (χ0n) is 28.2. The summed E-state index contributed by atoms with van der Waals surface area (Å²) < 4.78 is 54.4. The van der Waals surface area contributed by atoms with Crippen LogP contribution in [0, 0.1) is 6.92 Å². The highest BCUT2D eigenvalue weighted by Crippen LogP contribution is 2.45. The number of hydrogen-bond acceptors (Lipinski definition) is 7. The Morgan fingerprint density at radius 3 is 2.36 bits per heavy atom. The summed E-state index contributed by atoms with van der Waals surface area (Å²) in [5.74, 6) is -1.09. The summed E-state index contributed by atoms with van der Waals surface area (Å²) in [4.78, 5) is 20.1. The highest BCUT2D eigenvalue weighted by molar-refractivity contribution is 7.22. The minimum absolute atomic E-state index is 0.0207. The van der Waals surface area contributed by atoms with Gasteiger partial charge in [0.15, 0.2) is 6.10 Å². The molecule has 0 bridgehead atoms. The molecule has 2 saturated heterocycles. The van der Waals surface area contributed by atoms with Crippen molar-refractivity contribution in [3.8, 4) is 21.7 Å². The fourth-order valence-corrected chi connectivity index (χ4v) is 8.31. The van der Waals surface area contributed by atoms with Gasteiger partial charge in [0.1, 0.15) is 11.6 Å². The quantitative estimate of drug-likeness (QED) is 0.171. The summed E-state index contributed by atoms with van der Waals surface area (Å²) in [6, 6.07) is 14.9. The van der Waals surface area contributed by atoms with Crippen LogP contribution >= 0.6 is 22.9 Å². The van der Waals surface area contributed by atoms with Crippen LogP contribution < -0.4 is 0 Å². The maximum Gasteiger partial charge on any atom is 0.408 e. The zero-order valence-corrected chi connectivity index (χ0v) is 29.8. The molecule has 0 saturated carbocycles. The van der Waals surface area contributed by atoms with Crippen molar-refractivity contribution in [1.82, 2.24) is 19.7 Å². The number of hydrogen-bond donors (Lipinski definition) is 1. The Morgan fingerprint density at radius 2 is 1.76 bits per heavy atom. The van der Waals surface area contributed by atoms with Crippen LogP contribution in [0.5, 0.6) is 0 Å². The van der Waals surface area contributed by atoms with Crippen LogP contribution in [0.2, 0.25) is 5.02 Å². The van der Waals surface area contributed by atoms with Crippen LogP contribution in [0.25, 0.3) is 42.8 Å². The molecule has 2 aliphatic rings. The third-order valence-corrected chi connectivity index (χ3v) is 10.8. The number of piperidine rings is 1. The molecule has 0 aliphatic carbocycles. The fraction of sp³-hybridized carbons (Fsp3) is 0.432. The number of carbonyl (C=O) groups is 1. The van der Waals surface area contributed by atoms with Crippen LogP contribution in [0.1, 0.15) is 62.5 Å². The number of fused-ring (bicyclic) bond motifs is 2. The first kappa shape index (κ1) is 34.9. The van der Waals surface area contributed by atoms with Crippen molar-refractivity contribution in [3.63, 3.8) is 0 Å². The minimum atomic E-state index is -4.42. The molecule has 2 fully saturated rings. The van der Waals surface area contributed by atoms with Crippen LogP contribution in [0.15, 0.2) is 48.5 Å². The number of halogens is 4. The van der Waals surface area contributed by atoms with E-state index < -0.39 is 30.4 Å². The first-order chi connectivity index (χ1) is 23.6. The lowest BCUT2D eigenvalue weighted by atomic mass is 9.90. The molecule has 5 aromatic rings. The lowest BCUT2D eigenvalue weighted by Crippen LogP contribution is -2.51. The number of ether oxygens (including phenoxy) is 2. The van der Waals surface area contributed by atoms with E-state index >= 15 is 0 Å². The average Bonchev–Trinajstić information content (AvgIpc) is 3.59. The van der Waals surface area contributed by atoms with E-state index in [1.807, 2.05) is 52.0 Å². The number of carboxylic acids is 1. The number of thiazole rings is 1. The Bertz CT molecular complexity index is 2060. The van der Waals surface area contributed by atoms with Crippen molar-refractivity contribution in [3.05, 3.63) is 70.4 Å². The Hall–Kier alpha value is -3.55. The van der Waals surface area contributed by atoms with Gasteiger partial charge in [-0.1, -0.05) is 23.7 Å².